The number of amides is 8. The molecule has 1 fully saturated rings. The molecule has 0 unspecified atom stereocenters. The number of carbonyl (C=O) groups excluding carboxylic acids is 8. The van der Waals surface area contributed by atoms with Gasteiger partial charge in [0.15, 0.2) is 0 Å². The number of carboxylic acid groups (broad SMARTS) is 1. The van der Waals surface area contributed by atoms with E-state index in [9.17, 15) is 58.5 Å². The molecule has 0 spiro atoms. The van der Waals surface area contributed by atoms with Gasteiger partial charge in [-0.3, -0.25) is 38.4 Å². The maximum atomic E-state index is 14.2. The minimum Gasteiger partial charge on any atom is -0.508 e. The van der Waals surface area contributed by atoms with Crippen LogP contribution in [0.25, 0.3) is 0 Å². The standard InChI is InChI=1S/C51H87N11O12S/c1-29(2)25-37(57-43(65)34(54)13-8-10-21-52)46(68)55-36(20-24-75-7)45(67)60-40(28-63)50(72)62-23-12-15-41(62)49(71)56-35(14-9-11-22-53)44(66)58-38(26-30(3)4)47(69)59-39(27-32-16-18-33(64)19-17-32)48(70)61-42(31(5)6)51(73)74/h16-19,29-31,34-42,63-64H,8-15,20-28,52-54H2,1-7H3,(H,55,68)(H,56,71)(H,57,65)(H,58,66)(H,59,69)(H,60,67)(H,61,70)(H,73,74)/t34-,35-,36-,37-,38-,39-,40-,41-,42-/m0/s1. The fraction of sp³-hybridized carbons (Fsp3) is 0.706. The quantitative estimate of drug-likeness (QED) is 0.0381. The second-order valence-electron chi connectivity index (χ2n) is 20.4. The van der Waals surface area contributed by atoms with Gasteiger partial charge in [-0.25, -0.2) is 4.79 Å². The average molecular weight is 1080 g/mol. The topological polar surface area (TPSA) is 380 Å². The molecule has 1 aromatic carbocycles. The van der Waals surface area contributed by atoms with Gasteiger partial charge < -0.3 is 74.6 Å². The molecular weight excluding hydrogens is 991 g/mol. The Bertz CT molecular complexity index is 2010. The molecule has 8 amide bonds. The van der Waals surface area contributed by atoms with E-state index in [1.54, 1.807) is 26.0 Å². The van der Waals surface area contributed by atoms with Crippen LogP contribution >= 0.6 is 11.8 Å². The number of carboxylic acids is 1. The molecule has 1 aromatic rings. The number of aliphatic hydroxyl groups is 1. The van der Waals surface area contributed by atoms with E-state index in [0.717, 1.165) is 0 Å². The van der Waals surface area contributed by atoms with Crippen LogP contribution in [0.4, 0.5) is 0 Å². The SMILES string of the molecule is CSCC[C@H](NC(=O)[C@H](CC(C)C)NC(=O)[C@@H](N)CCCCN)C(=O)N[C@@H](CO)C(=O)N1CCC[C@H]1C(=O)N[C@@H](CCCCN)C(=O)N[C@@H](CC(C)C)C(=O)N[C@@H](Cc1ccc(O)cc1)C(=O)N[C@H](C(=O)O)C(C)C. The first kappa shape index (κ1) is 65.6. The molecule has 24 heteroatoms. The first-order valence-electron chi connectivity index (χ1n) is 26.2. The van der Waals surface area contributed by atoms with Crippen LogP contribution in [-0.4, -0.2) is 166 Å². The number of aliphatic carboxylic acids is 1. The second kappa shape index (κ2) is 34.2. The summed E-state index contributed by atoms with van der Waals surface area (Å²) in [6.07, 6.45) is 5.36. The third-order valence-electron chi connectivity index (χ3n) is 12.7. The highest BCUT2D eigenvalue weighted by Gasteiger charge is 2.40. The van der Waals surface area contributed by atoms with Gasteiger partial charge in [0.2, 0.25) is 47.3 Å². The van der Waals surface area contributed by atoms with E-state index in [0.29, 0.717) is 56.4 Å². The Kier molecular flexibility index (Phi) is 29.9. The van der Waals surface area contributed by atoms with E-state index >= 15 is 0 Å². The van der Waals surface area contributed by atoms with E-state index < -0.39 is 120 Å². The third-order valence-corrected chi connectivity index (χ3v) is 13.3. The molecule has 1 saturated heterocycles. The molecular formula is C51H87N11O12S. The summed E-state index contributed by atoms with van der Waals surface area (Å²) < 4.78 is 0. The Morgan fingerprint density at radius 1 is 0.640 bits per heavy atom. The van der Waals surface area contributed by atoms with Crippen molar-refractivity contribution in [1.82, 2.24) is 42.1 Å². The highest BCUT2D eigenvalue weighted by atomic mass is 32.2. The molecule has 1 aliphatic rings. The molecule has 9 atom stereocenters. The second-order valence-corrected chi connectivity index (χ2v) is 21.4. The van der Waals surface area contributed by atoms with Crippen molar-refractivity contribution < 1.29 is 58.5 Å². The molecule has 0 radical (unpaired) electrons. The summed E-state index contributed by atoms with van der Waals surface area (Å²) in [5, 5.41) is 48.8. The Balaban J connectivity index is 2.33. The zero-order valence-electron chi connectivity index (χ0n) is 44.9. The van der Waals surface area contributed by atoms with Crippen LogP contribution in [0.3, 0.4) is 0 Å². The molecule has 424 valence electrons. The van der Waals surface area contributed by atoms with E-state index in [1.165, 1.54) is 28.8 Å². The summed E-state index contributed by atoms with van der Waals surface area (Å²) >= 11 is 1.41. The van der Waals surface area contributed by atoms with Gasteiger partial charge in [0.25, 0.3) is 0 Å². The smallest absolute Gasteiger partial charge is 0.326 e. The van der Waals surface area contributed by atoms with Crippen LogP contribution in [0.1, 0.15) is 118 Å². The normalized spacial score (nSPS) is 16.7. The van der Waals surface area contributed by atoms with Crippen molar-refractivity contribution in [3.8, 4) is 5.75 Å². The number of hydrogen-bond acceptors (Lipinski definition) is 15. The van der Waals surface area contributed by atoms with Gasteiger partial charge in [0, 0.05) is 13.0 Å². The number of likely N-dealkylation sites (tertiary alicyclic amines) is 1. The number of aliphatic hydroxyl groups excluding tert-OH is 1. The largest absolute Gasteiger partial charge is 0.508 e. The highest BCUT2D eigenvalue weighted by molar-refractivity contribution is 7.98. The lowest BCUT2D eigenvalue weighted by molar-refractivity contribution is -0.144. The summed E-state index contributed by atoms with van der Waals surface area (Å²) in [4.78, 5) is 124. The number of nitrogens with zero attached hydrogens (tertiary/aromatic N) is 1. The van der Waals surface area contributed by atoms with Crippen molar-refractivity contribution >= 4 is 65.0 Å². The number of rotatable bonds is 35. The molecule has 75 heavy (non-hydrogen) atoms. The maximum absolute atomic E-state index is 14.2. The number of phenols is 1. The van der Waals surface area contributed by atoms with E-state index in [-0.39, 0.29) is 69.2 Å². The van der Waals surface area contributed by atoms with Crippen LogP contribution in [0, 0.1) is 17.8 Å². The number of phenolic OH excluding ortho intramolecular Hbond substituents is 1. The van der Waals surface area contributed by atoms with Crippen LogP contribution in [0.2, 0.25) is 0 Å². The predicted octanol–water partition coefficient (Wildman–Crippen LogP) is -0.517. The minimum atomic E-state index is -1.53. The predicted molar refractivity (Wildman–Crippen MR) is 285 cm³/mol. The van der Waals surface area contributed by atoms with Gasteiger partial charge in [0.1, 0.15) is 54.1 Å². The lowest BCUT2D eigenvalue weighted by Gasteiger charge is -2.31. The van der Waals surface area contributed by atoms with Crippen molar-refractivity contribution in [3.05, 3.63) is 29.8 Å². The van der Waals surface area contributed by atoms with E-state index in [4.69, 9.17) is 17.2 Å². The summed E-state index contributed by atoms with van der Waals surface area (Å²) in [5.74, 6) is -7.27. The lowest BCUT2D eigenvalue weighted by atomic mass is 9.99. The van der Waals surface area contributed by atoms with Gasteiger partial charge in [0.05, 0.1) is 12.6 Å². The van der Waals surface area contributed by atoms with Gasteiger partial charge >= 0.3 is 5.97 Å². The van der Waals surface area contributed by atoms with E-state index in [1.807, 2.05) is 34.0 Å². The third kappa shape index (κ3) is 23.1. The average Bonchev–Trinajstić information content (AvgIpc) is 3.85. The van der Waals surface area contributed by atoms with Crippen molar-refractivity contribution in [1.29, 1.82) is 0 Å². The van der Waals surface area contributed by atoms with Crippen LogP contribution < -0.4 is 54.4 Å². The summed E-state index contributed by atoms with van der Waals surface area (Å²) in [6, 6.07) is -4.90. The number of nitrogens with two attached hydrogens (primary N) is 3. The van der Waals surface area contributed by atoms with Crippen LogP contribution in [0.15, 0.2) is 24.3 Å². The summed E-state index contributed by atoms with van der Waals surface area (Å²) in [5.41, 5.74) is 18.0. The number of aromatic hydroxyl groups is 1. The fourth-order valence-electron chi connectivity index (χ4n) is 8.48. The number of nitrogens with one attached hydrogen (secondary N) is 7. The van der Waals surface area contributed by atoms with Crippen LogP contribution in [-0.2, 0) is 49.6 Å². The minimum absolute atomic E-state index is 0.0321. The lowest BCUT2D eigenvalue weighted by Crippen LogP contribution is -2.61. The summed E-state index contributed by atoms with van der Waals surface area (Å²) in [7, 11) is 0. The Morgan fingerprint density at radius 2 is 1.12 bits per heavy atom. The monoisotopic (exact) mass is 1080 g/mol. The number of unbranched alkanes of at least 4 members (excludes halogenated alkanes) is 2. The zero-order valence-corrected chi connectivity index (χ0v) is 45.7. The molecule has 0 aromatic heterocycles. The number of thioether (sulfide) groups is 1. The van der Waals surface area contributed by atoms with Gasteiger partial charge in [-0.15, -0.1) is 0 Å². The Labute approximate surface area is 445 Å². The van der Waals surface area contributed by atoms with Crippen molar-refractivity contribution in [2.45, 2.75) is 173 Å². The van der Waals surface area contributed by atoms with Gasteiger partial charge in [-0.2, -0.15) is 11.8 Å². The Hall–Kier alpha value is -5.56. The molecule has 0 aliphatic carbocycles. The highest BCUT2D eigenvalue weighted by Crippen LogP contribution is 2.20. The molecule has 1 aliphatic heterocycles. The van der Waals surface area contributed by atoms with Gasteiger partial charge in [-0.1, -0.05) is 60.1 Å². The molecule has 0 bridgehead atoms. The Morgan fingerprint density at radius 3 is 1.63 bits per heavy atom. The number of hydrogen-bond donors (Lipinski definition) is 13. The number of benzene rings is 1. The van der Waals surface area contributed by atoms with Crippen LogP contribution in [0.5, 0.6) is 5.75 Å². The molecule has 23 nitrogen and oxygen atoms in total. The maximum Gasteiger partial charge on any atom is 0.326 e. The fourth-order valence-corrected chi connectivity index (χ4v) is 8.95. The van der Waals surface area contributed by atoms with Crippen molar-refractivity contribution in [3.63, 3.8) is 0 Å². The molecule has 1 heterocycles. The summed E-state index contributed by atoms with van der Waals surface area (Å²) in [6.45, 7) is 10.6. The molecule has 2 rings (SSSR count). The van der Waals surface area contributed by atoms with Crippen molar-refractivity contribution in [2.75, 3.05) is 38.2 Å². The first-order chi connectivity index (χ1) is 35.5. The van der Waals surface area contributed by atoms with Crippen molar-refractivity contribution in [2.24, 2.45) is 35.0 Å². The molecule has 16 N–H and O–H groups in total. The zero-order chi connectivity index (χ0) is 56.4. The van der Waals surface area contributed by atoms with Gasteiger partial charge in [-0.05, 0) is 125 Å². The number of carbonyl (C=O) groups is 9. The molecule has 0 saturated carbocycles. The first-order valence-corrected chi connectivity index (χ1v) is 27.6. The van der Waals surface area contributed by atoms with E-state index in [2.05, 4.69) is 37.2 Å².